The van der Waals surface area contributed by atoms with Crippen LogP contribution in [-0.4, -0.2) is 128 Å². The van der Waals surface area contributed by atoms with Gasteiger partial charge in [0.15, 0.2) is 12.6 Å². The van der Waals surface area contributed by atoms with Crippen LogP contribution in [0.4, 0.5) is 0 Å². The molecule has 7 N–H and O–H groups in total. The summed E-state index contributed by atoms with van der Waals surface area (Å²) < 4.78 is 31.4. The fourth-order valence-electron chi connectivity index (χ4n) is 14.3. The Bertz CT molecular complexity index is 1470. The van der Waals surface area contributed by atoms with Crippen molar-refractivity contribution in [3.63, 3.8) is 0 Å². The van der Waals surface area contributed by atoms with E-state index >= 15 is 0 Å². The number of hydrogen-bond acceptors (Lipinski definition) is 12. The topological polar surface area (TPSA) is 188 Å². The predicted octanol–water partition coefficient (Wildman–Crippen LogP) is 2.80. The van der Waals surface area contributed by atoms with Gasteiger partial charge in [-0.2, -0.15) is 0 Å². The summed E-state index contributed by atoms with van der Waals surface area (Å²) >= 11 is 0. The minimum absolute atomic E-state index is 0.0638. The molecule has 12 nitrogen and oxygen atoms in total. The maximum atomic E-state index is 12.1. The molecule has 20 atom stereocenters. The van der Waals surface area contributed by atoms with Gasteiger partial charge in [-0.15, -0.1) is 0 Å². The van der Waals surface area contributed by atoms with Crippen LogP contribution in [0.2, 0.25) is 0 Å². The monoisotopic (exact) mass is 764 g/mol. The standard InChI is InChI=1S/C42H68O12/c1-21-28(45)33(54-34-31(48)30(47)29(46)22(19-43)52-34)32(49)35(51-21)53-27-11-12-38(6)23(37(27,4)5)9-13-39(7)24(38)10-14-42-25-17-36(2,3)15-16-41(25,20-50-42)26(44)18-40(39,42)8/h10,14,21-35,43-49H,9,11-13,15-20H2,1-8H3/t21-,22-,23-,24+,25+,26+,27+,28-,29-,30+,31-,32-,33+,34+,35+,38+,39+,40-,41-,42+/m0/s1. The minimum atomic E-state index is -1.69. The van der Waals surface area contributed by atoms with Crippen molar-refractivity contribution in [3.8, 4) is 0 Å². The van der Waals surface area contributed by atoms with E-state index in [1.807, 2.05) is 0 Å². The lowest BCUT2D eigenvalue weighted by molar-refractivity contribution is -0.366. The van der Waals surface area contributed by atoms with Crippen LogP contribution in [0.5, 0.6) is 0 Å². The first kappa shape index (κ1) is 40.1. The average Bonchev–Trinajstić information content (AvgIpc) is 3.38. The van der Waals surface area contributed by atoms with Crippen molar-refractivity contribution in [3.05, 3.63) is 12.2 Å². The van der Waals surface area contributed by atoms with Gasteiger partial charge < -0.3 is 59.4 Å². The fraction of sp³-hybridized carbons (Fsp3) is 0.952. The molecule has 308 valence electrons. The Hall–Kier alpha value is -0.740. The second-order valence-electron chi connectivity index (χ2n) is 21.1. The maximum Gasteiger partial charge on any atom is 0.187 e. The van der Waals surface area contributed by atoms with E-state index in [0.29, 0.717) is 12.5 Å². The van der Waals surface area contributed by atoms with Crippen molar-refractivity contribution < 1.29 is 59.4 Å². The van der Waals surface area contributed by atoms with Gasteiger partial charge in [-0.1, -0.05) is 60.6 Å². The Morgan fingerprint density at radius 1 is 0.722 bits per heavy atom. The van der Waals surface area contributed by atoms with E-state index in [-0.39, 0.29) is 56.5 Å². The molecule has 3 saturated heterocycles. The zero-order chi connectivity index (χ0) is 39.2. The summed E-state index contributed by atoms with van der Waals surface area (Å²) in [5.74, 6) is 0.835. The molecule has 4 saturated carbocycles. The third kappa shape index (κ3) is 5.24. The van der Waals surface area contributed by atoms with Gasteiger partial charge in [-0.25, -0.2) is 0 Å². The third-order valence-corrected chi connectivity index (χ3v) is 17.8. The van der Waals surface area contributed by atoms with Crippen molar-refractivity contribution in [1.82, 2.24) is 0 Å². The number of allylic oxidation sites excluding steroid dienone is 1. The number of ether oxygens (including phenoxy) is 5. The van der Waals surface area contributed by atoms with Crippen molar-refractivity contribution in [2.75, 3.05) is 13.2 Å². The highest BCUT2D eigenvalue weighted by Gasteiger charge is 2.79. The average molecular weight is 765 g/mol. The van der Waals surface area contributed by atoms with Crippen LogP contribution >= 0.6 is 0 Å². The van der Waals surface area contributed by atoms with Gasteiger partial charge in [0.2, 0.25) is 0 Å². The normalized spacial score (nSPS) is 58.8. The van der Waals surface area contributed by atoms with Gasteiger partial charge in [0.25, 0.3) is 0 Å². The number of hydrogen-bond donors (Lipinski definition) is 7. The molecule has 3 heterocycles. The molecule has 8 aliphatic rings. The van der Waals surface area contributed by atoms with Crippen LogP contribution in [0.15, 0.2) is 12.2 Å². The largest absolute Gasteiger partial charge is 0.394 e. The molecule has 0 radical (unpaired) electrons. The number of aliphatic hydroxyl groups is 7. The molecule has 0 aromatic rings. The summed E-state index contributed by atoms with van der Waals surface area (Å²) in [4.78, 5) is 0. The minimum Gasteiger partial charge on any atom is -0.394 e. The summed E-state index contributed by atoms with van der Waals surface area (Å²) in [6.45, 7) is 18.3. The van der Waals surface area contributed by atoms with Crippen LogP contribution in [0.3, 0.4) is 0 Å². The van der Waals surface area contributed by atoms with Crippen LogP contribution < -0.4 is 0 Å². The number of aliphatic hydroxyl groups excluding tert-OH is 7. The molecule has 2 bridgehead atoms. The first-order valence-corrected chi connectivity index (χ1v) is 20.8. The van der Waals surface area contributed by atoms with Crippen LogP contribution in [-0.2, 0) is 23.7 Å². The lowest BCUT2D eigenvalue weighted by atomic mass is 9.32. The molecular formula is C42H68O12. The molecule has 8 rings (SSSR count). The van der Waals surface area contributed by atoms with Gasteiger partial charge in [0.1, 0.15) is 42.7 Å². The highest BCUT2D eigenvalue weighted by Crippen LogP contribution is 2.79. The Kier molecular flexibility index (Phi) is 9.55. The first-order valence-electron chi connectivity index (χ1n) is 20.8. The van der Waals surface area contributed by atoms with E-state index in [2.05, 4.69) is 60.6 Å². The summed E-state index contributed by atoms with van der Waals surface area (Å²) in [6, 6.07) is 0. The molecule has 12 heteroatoms. The van der Waals surface area contributed by atoms with E-state index < -0.39 is 73.6 Å². The highest BCUT2D eigenvalue weighted by atomic mass is 16.7. The molecule has 0 aromatic carbocycles. The van der Waals surface area contributed by atoms with Crippen molar-refractivity contribution >= 4 is 0 Å². The summed E-state index contributed by atoms with van der Waals surface area (Å²) in [5.41, 5.74) is -1.08. The molecular weight excluding hydrogens is 696 g/mol. The zero-order valence-electron chi connectivity index (χ0n) is 33.6. The third-order valence-electron chi connectivity index (χ3n) is 17.8. The number of fused-ring (bicyclic) bond motifs is 4. The number of rotatable bonds is 5. The quantitative estimate of drug-likeness (QED) is 0.161. The zero-order valence-corrected chi connectivity index (χ0v) is 33.6. The van der Waals surface area contributed by atoms with Crippen molar-refractivity contribution in [1.29, 1.82) is 0 Å². The van der Waals surface area contributed by atoms with Gasteiger partial charge >= 0.3 is 0 Å². The smallest absolute Gasteiger partial charge is 0.187 e. The molecule has 0 amide bonds. The Morgan fingerprint density at radius 3 is 2.13 bits per heavy atom. The van der Waals surface area contributed by atoms with E-state index in [1.54, 1.807) is 6.92 Å². The SMILES string of the molecule is C[C@@H]1O[C@H](O[C@@H]2CC[C@@]3(C)[C@H]4C=C[C@@]56OC[C@]7(CCC(C)(C)C[C@H]75)[C@H](O)C[C@@]6(C)[C@]4(C)CC[C@H]3C2(C)C)[C@@H](O)[C@H](O[C@H]2O[C@@H](CO)[C@H](O)[C@@H](O)[C@@H]2O)[C@H]1O. The van der Waals surface area contributed by atoms with Crippen molar-refractivity contribution in [2.45, 2.75) is 186 Å². The maximum absolute atomic E-state index is 12.1. The Labute approximate surface area is 320 Å². The van der Waals surface area contributed by atoms with Crippen LogP contribution in [0, 0.1) is 50.2 Å². The molecule has 0 aromatic heterocycles. The van der Waals surface area contributed by atoms with Gasteiger partial charge in [0, 0.05) is 16.7 Å². The van der Waals surface area contributed by atoms with Crippen LogP contribution in [0.25, 0.3) is 0 Å². The summed E-state index contributed by atoms with van der Waals surface area (Å²) in [7, 11) is 0. The Balaban J connectivity index is 1.03. The van der Waals surface area contributed by atoms with Gasteiger partial charge in [0.05, 0.1) is 37.1 Å². The Morgan fingerprint density at radius 2 is 1.43 bits per heavy atom. The molecule has 5 aliphatic carbocycles. The van der Waals surface area contributed by atoms with Crippen LogP contribution in [0.1, 0.15) is 107 Å². The van der Waals surface area contributed by atoms with E-state index in [0.717, 1.165) is 51.4 Å². The fourth-order valence-corrected chi connectivity index (χ4v) is 14.3. The molecule has 1 spiro atoms. The lowest BCUT2D eigenvalue weighted by Crippen LogP contribution is -2.72. The highest BCUT2D eigenvalue weighted by molar-refractivity contribution is 5.36. The van der Waals surface area contributed by atoms with Gasteiger partial charge in [-0.05, 0) is 91.8 Å². The van der Waals surface area contributed by atoms with Crippen molar-refractivity contribution in [2.24, 2.45) is 50.2 Å². The summed E-state index contributed by atoms with van der Waals surface area (Å²) in [6.07, 6.45) is -1.83. The van der Waals surface area contributed by atoms with E-state index in [4.69, 9.17) is 23.7 Å². The predicted molar refractivity (Wildman–Crippen MR) is 195 cm³/mol. The van der Waals surface area contributed by atoms with Gasteiger partial charge in [-0.3, -0.25) is 0 Å². The second-order valence-corrected chi connectivity index (χ2v) is 21.1. The summed E-state index contributed by atoms with van der Waals surface area (Å²) in [5, 5.41) is 75.6. The lowest BCUT2D eigenvalue weighted by Gasteiger charge is -2.73. The molecule has 7 fully saturated rings. The van der Waals surface area contributed by atoms with E-state index in [9.17, 15) is 35.7 Å². The molecule has 0 unspecified atom stereocenters. The second kappa shape index (κ2) is 12.9. The molecule has 54 heavy (non-hydrogen) atoms. The van der Waals surface area contributed by atoms with E-state index in [1.165, 1.54) is 0 Å². The first-order chi connectivity index (χ1) is 25.1. The molecule has 3 aliphatic heterocycles.